The molecule has 0 heterocycles. The maximum absolute atomic E-state index is 5.42. The highest BCUT2D eigenvalue weighted by molar-refractivity contribution is 5.08. The molecule has 0 aliphatic heterocycles. The number of rotatable bonds is 1. The zero-order valence-electron chi connectivity index (χ0n) is 8.68. The lowest BCUT2D eigenvalue weighted by atomic mass is 9.87. The minimum Gasteiger partial charge on any atom is -0.381 e. The van der Waals surface area contributed by atoms with Gasteiger partial charge >= 0.3 is 0 Å². The molecule has 1 heteroatoms. The van der Waals surface area contributed by atoms with Crippen molar-refractivity contribution in [2.45, 2.75) is 46.1 Å². The van der Waals surface area contributed by atoms with E-state index >= 15 is 0 Å². The van der Waals surface area contributed by atoms with E-state index in [4.69, 9.17) is 4.74 Å². The van der Waals surface area contributed by atoms with Crippen LogP contribution in [-0.2, 0) is 4.74 Å². The van der Waals surface area contributed by atoms with Gasteiger partial charge in [-0.15, -0.1) is 0 Å². The fraction of sp³-hybridized carbons (Fsp3) is 0.818. The first kappa shape index (κ1) is 9.79. The second kappa shape index (κ2) is 3.61. The first-order valence-electron chi connectivity index (χ1n) is 4.74. The molecule has 0 aromatic rings. The molecule has 0 amide bonds. The van der Waals surface area contributed by atoms with E-state index in [1.54, 1.807) is 0 Å². The van der Waals surface area contributed by atoms with Crippen molar-refractivity contribution in [2.24, 2.45) is 5.41 Å². The molecule has 12 heavy (non-hydrogen) atoms. The molecule has 0 bridgehead atoms. The van der Waals surface area contributed by atoms with E-state index in [9.17, 15) is 0 Å². The molecule has 1 rings (SSSR count). The topological polar surface area (TPSA) is 9.23 Å². The van der Waals surface area contributed by atoms with Crippen LogP contribution in [0.3, 0.4) is 0 Å². The summed E-state index contributed by atoms with van der Waals surface area (Å²) in [6, 6.07) is 0. The third-order valence-electron chi connectivity index (χ3n) is 2.58. The average molecular weight is 168 g/mol. The molecule has 0 aromatic carbocycles. The molecular formula is C11H20O. The van der Waals surface area contributed by atoms with Gasteiger partial charge in [-0.1, -0.05) is 25.5 Å². The van der Waals surface area contributed by atoms with Crippen LogP contribution in [0.5, 0.6) is 0 Å². The lowest BCUT2D eigenvalue weighted by molar-refractivity contribution is 0.0694. The van der Waals surface area contributed by atoms with Crippen molar-refractivity contribution in [2.75, 3.05) is 7.11 Å². The molecule has 1 atom stereocenters. The van der Waals surface area contributed by atoms with E-state index in [0.717, 1.165) is 6.42 Å². The lowest BCUT2D eigenvalue weighted by Crippen LogP contribution is -2.18. The van der Waals surface area contributed by atoms with Crippen LogP contribution in [0.1, 0.15) is 40.0 Å². The van der Waals surface area contributed by atoms with Crippen LogP contribution in [0.25, 0.3) is 0 Å². The van der Waals surface area contributed by atoms with Gasteiger partial charge in [0.25, 0.3) is 0 Å². The van der Waals surface area contributed by atoms with E-state index in [2.05, 4.69) is 26.8 Å². The molecule has 1 unspecified atom stereocenters. The number of hydrogen-bond donors (Lipinski definition) is 0. The Hall–Kier alpha value is -0.300. The van der Waals surface area contributed by atoms with Gasteiger partial charge in [0.05, 0.1) is 6.10 Å². The molecule has 0 saturated heterocycles. The summed E-state index contributed by atoms with van der Waals surface area (Å²) in [5, 5.41) is 0. The quantitative estimate of drug-likeness (QED) is 0.546. The van der Waals surface area contributed by atoms with E-state index in [-0.39, 0.29) is 0 Å². The van der Waals surface area contributed by atoms with Gasteiger partial charge in [-0.3, -0.25) is 0 Å². The summed E-state index contributed by atoms with van der Waals surface area (Å²) in [5.41, 5.74) is 1.83. The molecule has 0 aromatic heterocycles. The van der Waals surface area contributed by atoms with Crippen molar-refractivity contribution < 1.29 is 4.74 Å². The highest BCUT2D eigenvalue weighted by Gasteiger charge is 2.24. The van der Waals surface area contributed by atoms with Gasteiger partial charge in [-0.25, -0.2) is 0 Å². The summed E-state index contributed by atoms with van der Waals surface area (Å²) in [5.74, 6) is 0. The first-order chi connectivity index (χ1) is 5.53. The van der Waals surface area contributed by atoms with Crippen LogP contribution in [0.4, 0.5) is 0 Å². The molecule has 0 radical (unpaired) electrons. The van der Waals surface area contributed by atoms with Crippen molar-refractivity contribution in [1.29, 1.82) is 0 Å². The molecule has 0 saturated carbocycles. The van der Waals surface area contributed by atoms with Crippen LogP contribution in [0.15, 0.2) is 11.6 Å². The fourth-order valence-electron chi connectivity index (χ4n) is 2.08. The van der Waals surface area contributed by atoms with Crippen molar-refractivity contribution in [3.05, 3.63) is 11.6 Å². The molecule has 0 fully saturated rings. The smallest absolute Gasteiger partial charge is 0.0582 e. The second-order valence-electron chi connectivity index (χ2n) is 4.58. The van der Waals surface area contributed by atoms with Gasteiger partial charge in [-0.2, -0.15) is 0 Å². The minimum atomic E-state index is 0.321. The Morgan fingerprint density at radius 3 is 2.75 bits per heavy atom. The second-order valence-corrected chi connectivity index (χ2v) is 4.58. The largest absolute Gasteiger partial charge is 0.381 e. The van der Waals surface area contributed by atoms with Gasteiger partial charge in [0.1, 0.15) is 0 Å². The Morgan fingerprint density at radius 1 is 1.50 bits per heavy atom. The molecule has 1 aliphatic rings. The van der Waals surface area contributed by atoms with E-state index in [0.29, 0.717) is 11.5 Å². The van der Waals surface area contributed by atoms with Crippen LogP contribution < -0.4 is 0 Å². The summed E-state index contributed by atoms with van der Waals surface area (Å²) in [7, 11) is 1.82. The third-order valence-corrected chi connectivity index (χ3v) is 2.58. The van der Waals surface area contributed by atoms with E-state index < -0.39 is 0 Å². The molecule has 70 valence electrons. The van der Waals surface area contributed by atoms with Crippen LogP contribution in [0, 0.1) is 5.41 Å². The SMILES string of the molecule is COC1CCC(C)=CC(C)(C)C1. The molecule has 0 N–H and O–H groups in total. The van der Waals surface area contributed by atoms with Gasteiger partial charge in [0.2, 0.25) is 0 Å². The molecule has 1 nitrogen and oxygen atoms in total. The van der Waals surface area contributed by atoms with Gasteiger partial charge in [0, 0.05) is 7.11 Å². The van der Waals surface area contributed by atoms with Crippen molar-refractivity contribution in [3.63, 3.8) is 0 Å². The number of hydrogen-bond acceptors (Lipinski definition) is 1. The molecule has 0 spiro atoms. The normalized spacial score (nSPS) is 29.3. The van der Waals surface area contributed by atoms with Gasteiger partial charge < -0.3 is 4.74 Å². The van der Waals surface area contributed by atoms with E-state index in [1.165, 1.54) is 18.4 Å². The average Bonchev–Trinajstić information content (AvgIpc) is 2.07. The number of methoxy groups -OCH3 is 1. The monoisotopic (exact) mass is 168 g/mol. The van der Waals surface area contributed by atoms with Crippen LogP contribution in [0.2, 0.25) is 0 Å². The zero-order chi connectivity index (χ0) is 9.19. The minimum absolute atomic E-state index is 0.321. The summed E-state index contributed by atoms with van der Waals surface area (Å²) in [6.45, 7) is 6.79. The summed E-state index contributed by atoms with van der Waals surface area (Å²) < 4.78 is 5.42. The Bertz CT molecular complexity index is 179. The highest BCUT2D eigenvalue weighted by atomic mass is 16.5. The van der Waals surface area contributed by atoms with Crippen molar-refractivity contribution in [3.8, 4) is 0 Å². The summed E-state index contributed by atoms with van der Waals surface area (Å²) in [6.07, 6.45) is 6.38. The summed E-state index contributed by atoms with van der Waals surface area (Å²) >= 11 is 0. The lowest BCUT2D eigenvalue weighted by Gasteiger charge is -2.23. The Kier molecular flexibility index (Phi) is 2.94. The van der Waals surface area contributed by atoms with Gasteiger partial charge in [-0.05, 0) is 31.6 Å². The molecular weight excluding hydrogens is 148 g/mol. The molecule has 1 aliphatic carbocycles. The number of allylic oxidation sites excluding steroid dienone is 2. The standard InChI is InChI=1S/C11H20O/c1-9-5-6-10(12-4)8-11(2,3)7-9/h7,10H,5-6,8H2,1-4H3. The Morgan fingerprint density at radius 2 is 2.17 bits per heavy atom. The maximum atomic E-state index is 5.42. The zero-order valence-corrected chi connectivity index (χ0v) is 8.68. The Labute approximate surface area is 75.8 Å². The fourth-order valence-corrected chi connectivity index (χ4v) is 2.08. The number of ether oxygens (including phenoxy) is 1. The highest BCUT2D eigenvalue weighted by Crippen LogP contribution is 2.32. The van der Waals surface area contributed by atoms with Crippen molar-refractivity contribution in [1.82, 2.24) is 0 Å². The van der Waals surface area contributed by atoms with Crippen molar-refractivity contribution >= 4 is 0 Å². The van der Waals surface area contributed by atoms with Crippen LogP contribution in [-0.4, -0.2) is 13.2 Å². The predicted molar refractivity (Wildman–Crippen MR) is 52.2 cm³/mol. The van der Waals surface area contributed by atoms with Gasteiger partial charge in [0.15, 0.2) is 0 Å². The maximum Gasteiger partial charge on any atom is 0.0582 e. The predicted octanol–water partition coefficient (Wildman–Crippen LogP) is 3.16. The first-order valence-corrected chi connectivity index (χ1v) is 4.74. The summed E-state index contributed by atoms with van der Waals surface area (Å²) in [4.78, 5) is 0. The van der Waals surface area contributed by atoms with Crippen LogP contribution >= 0.6 is 0 Å². The third kappa shape index (κ3) is 2.63. The Balaban J connectivity index is 2.68. The van der Waals surface area contributed by atoms with E-state index in [1.807, 2.05) is 7.11 Å².